The number of rotatable bonds is 8. The van der Waals surface area contributed by atoms with E-state index in [1.165, 1.54) is 13.0 Å². The number of nitrogens with one attached hydrogen (secondary N) is 2. The normalized spacial score (nSPS) is 13.3. The Bertz CT molecular complexity index is 1050. The molecule has 3 rings (SSSR count). The first-order chi connectivity index (χ1) is 15.4. The minimum absolute atomic E-state index is 0.00437. The van der Waals surface area contributed by atoms with E-state index in [0.29, 0.717) is 0 Å². The number of amides is 2. The zero-order valence-corrected chi connectivity index (χ0v) is 17.6. The van der Waals surface area contributed by atoms with Crippen LogP contribution >= 0.6 is 0 Å². The molecule has 0 bridgehead atoms. The number of benzene rings is 2. The van der Waals surface area contributed by atoms with Gasteiger partial charge in [-0.3, -0.25) is 4.79 Å². The van der Waals surface area contributed by atoms with Gasteiger partial charge in [0, 0.05) is 24.5 Å². The summed E-state index contributed by atoms with van der Waals surface area (Å²) in [6, 6.07) is 15.0. The van der Waals surface area contributed by atoms with Crippen LogP contribution in [0.1, 0.15) is 30.4 Å². The molecule has 3 N–H and O–H groups in total. The molecule has 0 aromatic heterocycles. The highest BCUT2D eigenvalue weighted by atomic mass is 16.5. The van der Waals surface area contributed by atoms with Crippen LogP contribution in [0.3, 0.4) is 0 Å². The molecule has 2 amide bonds. The van der Waals surface area contributed by atoms with Crippen molar-refractivity contribution in [2.45, 2.75) is 25.3 Å². The Morgan fingerprint density at radius 3 is 2.28 bits per heavy atom. The predicted molar refractivity (Wildman–Crippen MR) is 120 cm³/mol. The van der Waals surface area contributed by atoms with Crippen molar-refractivity contribution in [1.29, 1.82) is 0 Å². The highest BCUT2D eigenvalue weighted by molar-refractivity contribution is 5.87. The molecule has 1 atom stereocenters. The highest BCUT2D eigenvalue weighted by Gasteiger charge is 2.29. The monoisotopic (exact) mass is 432 g/mol. The van der Waals surface area contributed by atoms with E-state index in [4.69, 9.17) is 16.3 Å². The molecule has 0 spiro atoms. The second-order valence-corrected chi connectivity index (χ2v) is 7.37. The SMILES string of the molecule is C#CCC(NC(=O)OCC1c2ccccc2-c2ccccc21)C(=O)NC/C=C(\C)C(=O)O. The second kappa shape index (κ2) is 10.3. The van der Waals surface area contributed by atoms with Crippen molar-refractivity contribution in [2.24, 2.45) is 0 Å². The smallest absolute Gasteiger partial charge is 0.407 e. The molecule has 1 unspecified atom stereocenters. The average molecular weight is 432 g/mol. The fourth-order valence-electron chi connectivity index (χ4n) is 3.62. The number of terminal acetylenes is 1. The van der Waals surface area contributed by atoms with Crippen LogP contribution in [-0.4, -0.2) is 42.3 Å². The summed E-state index contributed by atoms with van der Waals surface area (Å²) in [4.78, 5) is 35.6. The summed E-state index contributed by atoms with van der Waals surface area (Å²) in [5.74, 6) is 0.659. The van der Waals surface area contributed by atoms with Crippen LogP contribution < -0.4 is 10.6 Å². The summed E-state index contributed by atoms with van der Waals surface area (Å²) in [5, 5.41) is 13.9. The Hall–Kier alpha value is -4.05. The zero-order chi connectivity index (χ0) is 23.1. The molecule has 7 nitrogen and oxygen atoms in total. The van der Waals surface area contributed by atoms with E-state index in [0.717, 1.165) is 22.3 Å². The quantitative estimate of drug-likeness (QED) is 0.439. The van der Waals surface area contributed by atoms with Crippen LogP contribution in [0.4, 0.5) is 4.79 Å². The van der Waals surface area contributed by atoms with Crippen molar-refractivity contribution in [3.63, 3.8) is 0 Å². The molecule has 164 valence electrons. The maximum absolute atomic E-state index is 12.4. The van der Waals surface area contributed by atoms with Crippen molar-refractivity contribution >= 4 is 18.0 Å². The summed E-state index contributed by atoms with van der Waals surface area (Å²) in [6.07, 6.45) is 5.91. The van der Waals surface area contributed by atoms with Gasteiger partial charge in [-0.1, -0.05) is 54.6 Å². The van der Waals surface area contributed by atoms with Crippen LogP contribution in [0.15, 0.2) is 60.2 Å². The van der Waals surface area contributed by atoms with Crippen molar-refractivity contribution in [3.8, 4) is 23.5 Å². The van der Waals surface area contributed by atoms with Gasteiger partial charge in [-0.15, -0.1) is 12.3 Å². The Balaban J connectivity index is 1.60. The first kappa shape index (κ1) is 22.6. The first-order valence-corrected chi connectivity index (χ1v) is 10.1. The van der Waals surface area contributed by atoms with E-state index in [9.17, 15) is 14.4 Å². The lowest BCUT2D eigenvalue weighted by Gasteiger charge is -2.18. The van der Waals surface area contributed by atoms with Crippen LogP contribution in [0.5, 0.6) is 0 Å². The molecule has 7 heteroatoms. The molecule has 0 radical (unpaired) electrons. The Kier molecular flexibility index (Phi) is 7.29. The lowest BCUT2D eigenvalue weighted by Crippen LogP contribution is -2.47. The van der Waals surface area contributed by atoms with Gasteiger partial charge < -0.3 is 20.5 Å². The third-order valence-electron chi connectivity index (χ3n) is 5.30. The first-order valence-electron chi connectivity index (χ1n) is 10.1. The zero-order valence-electron chi connectivity index (χ0n) is 17.6. The summed E-state index contributed by atoms with van der Waals surface area (Å²) < 4.78 is 5.45. The molecule has 2 aromatic carbocycles. The maximum Gasteiger partial charge on any atom is 0.407 e. The van der Waals surface area contributed by atoms with E-state index >= 15 is 0 Å². The molecule has 0 saturated carbocycles. The molecule has 32 heavy (non-hydrogen) atoms. The van der Waals surface area contributed by atoms with Crippen LogP contribution in [0, 0.1) is 12.3 Å². The minimum atomic E-state index is -1.07. The molecule has 0 saturated heterocycles. The lowest BCUT2D eigenvalue weighted by atomic mass is 9.98. The average Bonchev–Trinajstić information content (AvgIpc) is 3.11. The van der Waals surface area contributed by atoms with E-state index in [1.807, 2.05) is 48.5 Å². The highest BCUT2D eigenvalue weighted by Crippen LogP contribution is 2.44. The summed E-state index contributed by atoms with van der Waals surface area (Å²) in [7, 11) is 0. The Morgan fingerprint density at radius 1 is 1.12 bits per heavy atom. The third kappa shape index (κ3) is 5.16. The number of aliphatic carboxylic acids is 1. The number of hydrogen-bond donors (Lipinski definition) is 3. The van der Waals surface area contributed by atoms with Gasteiger partial charge in [0.25, 0.3) is 0 Å². The molecular formula is C25H24N2O5. The standard InChI is InChI=1S/C25H24N2O5/c1-3-8-22(23(28)26-14-13-16(2)24(29)30)27-25(31)32-15-21-19-11-6-4-9-17(19)18-10-5-7-12-20(18)21/h1,4-7,9-13,21-22H,8,14-15H2,2H3,(H,26,28)(H,27,31)(H,29,30)/b16-13+. The molecule has 0 heterocycles. The van der Waals surface area contributed by atoms with Gasteiger partial charge in [0.15, 0.2) is 0 Å². The van der Waals surface area contributed by atoms with E-state index < -0.39 is 24.0 Å². The topological polar surface area (TPSA) is 105 Å². The third-order valence-corrected chi connectivity index (χ3v) is 5.30. The number of fused-ring (bicyclic) bond motifs is 3. The number of carbonyl (C=O) groups excluding carboxylic acids is 2. The molecule has 1 aliphatic carbocycles. The van der Waals surface area contributed by atoms with Crippen LogP contribution in [-0.2, 0) is 14.3 Å². The number of alkyl carbamates (subject to hydrolysis) is 1. The van der Waals surface area contributed by atoms with Crippen LogP contribution in [0.25, 0.3) is 11.1 Å². The van der Waals surface area contributed by atoms with Crippen molar-refractivity contribution in [2.75, 3.05) is 13.2 Å². The van der Waals surface area contributed by atoms with Gasteiger partial charge >= 0.3 is 12.1 Å². The summed E-state index contributed by atoms with van der Waals surface area (Å²) in [6.45, 7) is 1.54. The molecule has 0 fully saturated rings. The number of carbonyl (C=O) groups is 3. The number of carboxylic acids is 1. The van der Waals surface area contributed by atoms with Crippen molar-refractivity contribution < 1.29 is 24.2 Å². The molecular weight excluding hydrogens is 408 g/mol. The van der Waals surface area contributed by atoms with Gasteiger partial charge in [0.2, 0.25) is 5.91 Å². The predicted octanol–water partition coefficient (Wildman–Crippen LogP) is 3.06. The molecule has 0 aliphatic heterocycles. The van der Waals surface area contributed by atoms with E-state index in [2.05, 4.69) is 16.6 Å². The number of ether oxygens (including phenoxy) is 1. The number of carboxylic acid groups (broad SMARTS) is 1. The van der Waals surface area contributed by atoms with Gasteiger partial charge in [-0.05, 0) is 29.2 Å². The van der Waals surface area contributed by atoms with E-state index in [-0.39, 0.29) is 31.1 Å². The van der Waals surface area contributed by atoms with Gasteiger partial charge in [-0.25, -0.2) is 9.59 Å². The van der Waals surface area contributed by atoms with Crippen molar-refractivity contribution in [3.05, 3.63) is 71.3 Å². The number of hydrogen-bond acceptors (Lipinski definition) is 4. The summed E-state index contributed by atoms with van der Waals surface area (Å²) >= 11 is 0. The fourth-order valence-corrected chi connectivity index (χ4v) is 3.62. The van der Waals surface area contributed by atoms with E-state index in [1.54, 1.807) is 0 Å². The van der Waals surface area contributed by atoms with Crippen molar-refractivity contribution in [1.82, 2.24) is 10.6 Å². The second-order valence-electron chi connectivity index (χ2n) is 7.37. The largest absolute Gasteiger partial charge is 0.478 e. The maximum atomic E-state index is 12.4. The Morgan fingerprint density at radius 2 is 1.72 bits per heavy atom. The summed E-state index contributed by atoms with van der Waals surface area (Å²) in [5.41, 5.74) is 4.50. The fraction of sp³-hybridized carbons (Fsp3) is 0.240. The molecule has 2 aromatic rings. The van der Waals surface area contributed by atoms with Gasteiger partial charge in [0.05, 0.1) is 0 Å². The molecule has 1 aliphatic rings. The Labute approximate surface area is 186 Å². The lowest BCUT2D eigenvalue weighted by molar-refractivity contribution is -0.132. The van der Waals surface area contributed by atoms with Gasteiger partial charge in [-0.2, -0.15) is 0 Å². The van der Waals surface area contributed by atoms with Gasteiger partial charge in [0.1, 0.15) is 12.6 Å². The minimum Gasteiger partial charge on any atom is -0.478 e. The van der Waals surface area contributed by atoms with Crippen LogP contribution in [0.2, 0.25) is 0 Å².